The summed E-state index contributed by atoms with van der Waals surface area (Å²) < 4.78 is 0. The number of rotatable bonds is 4. The monoisotopic (exact) mass is 212 g/mol. The molecule has 3 nitrogen and oxygen atoms in total. The Kier molecular flexibility index (Phi) is 4.00. The molecular weight excluding hydrogens is 188 g/mol. The van der Waals surface area contributed by atoms with Crippen LogP contribution in [0, 0.1) is 0 Å². The van der Waals surface area contributed by atoms with Crippen LogP contribution in [0.5, 0.6) is 0 Å². The van der Waals surface area contributed by atoms with Crippen molar-refractivity contribution in [3.05, 3.63) is 0 Å². The van der Waals surface area contributed by atoms with Crippen molar-refractivity contribution in [3.63, 3.8) is 0 Å². The third-order valence-electron chi connectivity index (χ3n) is 3.92. The maximum Gasteiger partial charge on any atom is 0.0693 e. The number of aliphatic hydroxyl groups is 1. The van der Waals surface area contributed by atoms with Crippen molar-refractivity contribution >= 4 is 0 Å². The number of hydrogen-bond acceptors (Lipinski definition) is 3. The second kappa shape index (κ2) is 5.28. The van der Waals surface area contributed by atoms with Crippen molar-refractivity contribution < 1.29 is 5.11 Å². The van der Waals surface area contributed by atoms with Gasteiger partial charge in [0.05, 0.1) is 6.10 Å². The Morgan fingerprint density at radius 3 is 2.60 bits per heavy atom. The van der Waals surface area contributed by atoms with Crippen LogP contribution < -0.4 is 5.32 Å². The van der Waals surface area contributed by atoms with Crippen molar-refractivity contribution in [1.29, 1.82) is 0 Å². The predicted octanol–water partition coefficient (Wildman–Crippen LogP) is 0.974. The molecular formula is C12H24N2O. The quantitative estimate of drug-likeness (QED) is 0.729. The van der Waals surface area contributed by atoms with Crippen molar-refractivity contribution in [2.75, 3.05) is 19.6 Å². The molecule has 1 saturated heterocycles. The molecule has 0 amide bonds. The number of likely N-dealkylation sites (tertiary alicyclic amines) is 1. The van der Waals surface area contributed by atoms with Crippen molar-refractivity contribution in [2.24, 2.45) is 0 Å². The smallest absolute Gasteiger partial charge is 0.0693 e. The first-order valence-electron chi connectivity index (χ1n) is 6.43. The van der Waals surface area contributed by atoms with Crippen LogP contribution in [-0.4, -0.2) is 47.8 Å². The molecule has 1 unspecified atom stereocenters. The predicted molar refractivity (Wildman–Crippen MR) is 61.9 cm³/mol. The number of aliphatic hydroxyl groups excluding tert-OH is 1. The van der Waals surface area contributed by atoms with Gasteiger partial charge >= 0.3 is 0 Å². The Labute approximate surface area is 92.8 Å². The lowest BCUT2D eigenvalue weighted by Crippen LogP contribution is -2.44. The van der Waals surface area contributed by atoms with Gasteiger partial charge in [-0.3, -0.25) is 4.90 Å². The minimum absolute atomic E-state index is 0.101. The lowest BCUT2D eigenvalue weighted by molar-refractivity contribution is 0.142. The van der Waals surface area contributed by atoms with E-state index in [0.29, 0.717) is 12.1 Å². The second-order valence-corrected chi connectivity index (χ2v) is 5.11. The number of nitrogens with one attached hydrogen (secondary N) is 1. The summed E-state index contributed by atoms with van der Waals surface area (Å²) in [5.41, 5.74) is 0. The minimum atomic E-state index is -0.101. The van der Waals surface area contributed by atoms with Crippen LogP contribution in [0.4, 0.5) is 0 Å². The number of hydrogen-bond donors (Lipinski definition) is 2. The molecule has 1 aliphatic heterocycles. The molecule has 0 radical (unpaired) electrons. The van der Waals surface area contributed by atoms with Crippen molar-refractivity contribution in [1.82, 2.24) is 10.2 Å². The molecule has 0 spiro atoms. The number of nitrogens with zero attached hydrogens (tertiary/aromatic N) is 1. The van der Waals surface area contributed by atoms with E-state index in [-0.39, 0.29) is 6.10 Å². The van der Waals surface area contributed by atoms with Gasteiger partial charge in [0.25, 0.3) is 0 Å². The van der Waals surface area contributed by atoms with Crippen LogP contribution in [0.15, 0.2) is 0 Å². The topological polar surface area (TPSA) is 35.5 Å². The Hall–Kier alpha value is -0.120. The second-order valence-electron chi connectivity index (χ2n) is 5.11. The SMILES string of the molecule is CC(CN[C@@H]1CCC[C@H]1O)N1CCCC1. The fourth-order valence-corrected chi connectivity index (χ4v) is 2.81. The Balaban J connectivity index is 1.67. The highest BCUT2D eigenvalue weighted by atomic mass is 16.3. The van der Waals surface area contributed by atoms with Gasteiger partial charge in [-0.25, -0.2) is 0 Å². The van der Waals surface area contributed by atoms with Gasteiger partial charge < -0.3 is 10.4 Å². The first-order valence-corrected chi connectivity index (χ1v) is 6.43. The molecule has 88 valence electrons. The van der Waals surface area contributed by atoms with Crippen LogP contribution in [0.1, 0.15) is 39.0 Å². The lowest BCUT2D eigenvalue weighted by atomic mass is 10.2. The molecule has 0 aromatic rings. The molecule has 1 saturated carbocycles. The highest BCUT2D eigenvalue weighted by Gasteiger charge is 2.26. The summed E-state index contributed by atoms with van der Waals surface area (Å²) in [6.45, 7) is 5.84. The summed E-state index contributed by atoms with van der Waals surface area (Å²) in [5, 5.41) is 13.2. The summed E-state index contributed by atoms with van der Waals surface area (Å²) in [5.74, 6) is 0. The molecule has 3 atom stereocenters. The van der Waals surface area contributed by atoms with Crippen LogP contribution in [0.3, 0.4) is 0 Å². The fourth-order valence-electron chi connectivity index (χ4n) is 2.81. The van der Waals surface area contributed by atoms with Gasteiger partial charge in [0.2, 0.25) is 0 Å². The van der Waals surface area contributed by atoms with Gasteiger partial charge in [0.1, 0.15) is 0 Å². The van der Waals surface area contributed by atoms with Gasteiger partial charge in [0.15, 0.2) is 0 Å². The average Bonchev–Trinajstić information content (AvgIpc) is 2.85. The molecule has 1 heterocycles. The van der Waals surface area contributed by atoms with Gasteiger partial charge in [-0.2, -0.15) is 0 Å². The normalized spacial score (nSPS) is 34.8. The highest BCUT2D eigenvalue weighted by molar-refractivity contribution is 4.84. The van der Waals surface area contributed by atoms with Crippen LogP contribution in [-0.2, 0) is 0 Å². The van der Waals surface area contributed by atoms with Gasteiger partial charge in [0, 0.05) is 18.6 Å². The van der Waals surface area contributed by atoms with E-state index in [0.717, 1.165) is 19.4 Å². The van der Waals surface area contributed by atoms with E-state index < -0.39 is 0 Å². The molecule has 3 heteroatoms. The molecule has 0 aromatic heterocycles. The molecule has 2 fully saturated rings. The molecule has 1 aliphatic carbocycles. The zero-order valence-corrected chi connectivity index (χ0v) is 9.78. The Morgan fingerprint density at radius 1 is 1.27 bits per heavy atom. The van der Waals surface area contributed by atoms with E-state index in [4.69, 9.17) is 0 Å². The van der Waals surface area contributed by atoms with E-state index >= 15 is 0 Å². The van der Waals surface area contributed by atoms with E-state index in [2.05, 4.69) is 17.1 Å². The van der Waals surface area contributed by atoms with Gasteiger partial charge in [-0.05, 0) is 52.1 Å². The van der Waals surface area contributed by atoms with E-state index in [9.17, 15) is 5.11 Å². The Morgan fingerprint density at radius 2 is 2.00 bits per heavy atom. The largest absolute Gasteiger partial charge is 0.392 e. The van der Waals surface area contributed by atoms with E-state index in [1.807, 2.05) is 0 Å². The molecule has 15 heavy (non-hydrogen) atoms. The van der Waals surface area contributed by atoms with E-state index in [1.54, 1.807) is 0 Å². The third kappa shape index (κ3) is 2.92. The summed E-state index contributed by atoms with van der Waals surface area (Å²) in [6.07, 6.45) is 5.92. The molecule has 2 aliphatic rings. The maximum absolute atomic E-state index is 9.69. The molecule has 0 bridgehead atoms. The van der Waals surface area contributed by atoms with Crippen LogP contribution in [0.25, 0.3) is 0 Å². The standard InChI is InChI=1S/C12H24N2O/c1-10(14-7-2-3-8-14)9-13-11-5-4-6-12(11)15/h10-13,15H,2-9H2,1H3/t10?,11-,12-/m1/s1. The van der Waals surface area contributed by atoms with E-state index in [1.165, 1.54) is 32.4 Å². The fraction of sp³-hybridized carbons (Fsp3) is 1.00. The summed E-state index contributed by atoms with van der Waals surface area (Å²) in [4.78, 5) is 2.55. The summed E-state index contributed by atoms with van der Waals surface area (Å²) in [6, 6.07) is 0.982. The Bertz CT molecular complexity index is 192. The van der Waals surface area contributed by atoms with Gasteiger partial charge in [-0.15, -0.1) is 0 Å². The highest BCUT2D eigenvalue weighted by Crippen LogP contribution is 2.19. The first kappa shape index (κ1) is 11.4. The molecule has 2 rings (SSSR count). The van der Waals surface area contributed by atoms with Gasteiger partial charge in [-0.1, -0.05) is 0 Å². The third-order valence-corrected chi connectivity index (χ3v) is 3.92. The maximum atomic E-state index is 9.69. The first-order chi connectivity index (χ1) is 7.27. The van der Waals surface area contributed by atoms with Crippen molar-refractivity contribution in [3.8, 4) is 0 Å². The lowest BCUT2D eigenvalue weighted by Gasteiger charge is -2.26. The van der Waals surface area contributed by atoms with Crippen LogP contribution >= 0.6 is 0 Å². The van der Waals surface area contributed by atoms with Crippen LogP contribution in [0.2, 0.25) is 0 Å². The molecule has 0 aromatic carbocycles. The van der Waals surface area contributed by atoms with Crippen molar-refractivity contribution in [2.45, 2.75) is 57.2 Å². The average molecular weight is 212 g/mol. The zero-order valence-electron chi connectivity index (χ0n) is 9.78. The minimum Gasteiger partial charge on any atom is -0.392 e. The summed E-state index contributed by atoms with van der Waals surface area (Å²) >= 11 is 0. The zero-order chi connectivity index (χ0) is 10.7. The summed E-state index contributed by atoms with van der Waals surface area (Å²) in [7, 11) is 0. The molecule has 2 N–H and O–H groups in total.